The smallest absolute Gasteiger partial charge is 0.308 e. The van der Waals surface area contributed by atoms with E-state index in [0.29, 0.717) is 44.5 Å². The van der Waals surface area contributed by atoms with Gasteiger partial charge in [0.05, 0.1) is 25.7 Å². The van der Waals surface area contributed by atoms with E-state index >= 15 is 0 Å². The van der Waals surface area contributed by atoms with Crippen molar-refractivity contribution in [2.75, 3.05) is 59.6 Å². The number of likely N-dealkylation sites (N-methyl/N-ethyl adjacent to an activating group) is 1. The Bertz CT molecular complexity index is 910. The predicted octanol–water partition coefficient (Wildman–Crippen LogP) is 13.7. The number of esters is 3. The second-order valence-corrected chi connectivity index (χ2v) is 18.7. The van der Waals surface area contributed by atoms with Crippen LogP contribution in [-0.4, -0.2) is 87.3 Å². The third-order valence-electron chi connectivity index (χ3n) is 13.0. The number of carbonyl (C=O) groups excluding carboxylic acids is 3. The third kappa shape index (κ3) is 33.9. The summed E-state index contributed by atoms with van der Waals surface area (Å²) < 4.78 is 17.2. The highest BCUT2D eigenvalue weighted by Crippen LogP contribution is 2.24. The summed E-state index contributed by atoms with van der Waals surface area (Å²) in [6.07, 6.45) is 36.4. The minimum absolute atomic E-state index is 0.00220. The molecule has 1 fully saturated rings. The number of rotatable bonds is 43. The lowest BCUT2D eigenvalue weighted by molar-refractivity contribution is -0.149. The van der Waals surface area contributed by atoms with Crippen LogP contribution in [0.25, 0.3) is 0 Å². The Morgan fingerprint density at radius 2 is 0.767 bits per heavy atom. The highest BCUT2D eigenvalue weighted by Gasteiger charge is 2.21. The fourth-order valence-corrected chi connectivity index (χ4v) is 8.82. The summed E-state index contributed by atoms with van der Waals surface area (Å²) >= 11 is 0. The minimum Gasteiger partial charge on any atom is -0.466 e. The van der Waals surface area contributed by atoms with Gasteiger partial charge in [-0.2, -0.15) is 0 Å². The van der Waals surface area contributed by atoms with Crippen molar-refractivity contribution in [2.45, 2.75) is 240 Å². The number of hydrogen-bond donors (Lipinski definition) is 0. The van der Waals surface area contributed by atoms with Crippen molar-refractivity contribution >= 4 is 17.9 Å². The molecule has 8 nitrogen and oxygen atoms in total. The van der Waals surface area contributed by atoms with Gasteiger partial charge >= 0.3 is 17.9 Å². The van der Waals surface area contributed by atoms with Crippen LogP contribution in [0.15, 0.2) is 0 Å². The van der Waals surface area contributed by atoms with E-state index in [4.69, 9.17) is 14.2 Å². The molecule has 0 aliphatic carbocycles. The maximum absolute atomic E-state index is 13.3. The standard InChI is InChI=1S/C52H100N2O6/c1-6-10-22-31-47(32-23-11-7-2)45-50(55)58-42-28-20-16-14-18-26-35-49(52(57)60-44-30-37-54-40-38-53(5)39-41-54)36-27-19-15-17-21-29-43-59-51(56)46-48(33-24-12-8-3)34-25-13-9-4/h47-49H,6-46H2,1-5H3. The van der Waals surface area contributed by atoms with E-state index in [0.717, 1.165) is 155 Å². The first-order valence-corrected chi connectivity index (χ1v) is 26.2. The normalized spacial score (nSPS) is 13.8. The Labute approximate surface area is 372 Å². The molecule has 0 unspecified atom stereocenters. The number of unbranched alkanes of at least 4 members (excludes halogenated alkanes) is 18. The largest absolute Gasteiger partial charge is 0.466 e. The Hall–Kier alpha value is -1.67. The molecular formula is C52H100N2O6. The molecule has 0 bridgehead atoms. The van der Waals surface area contributed by atoms with E-state index in [1.54, 1.807) is 0 Å². The van der Waals surface area contributed by atoms with Gasteiger partial charge in [-0.1, -0.05) is 169 Å². The van der Waals surface area contributed by atoms with Crippen LogP contribution >= 0.6 is 0 Å². The fourth-order valence-electron chi connectivity index (χ4n) is 8.82. The van der Waals surface area contributed by atoms with Gasteiger partial charge in [-0.3, -0.25) is 14.4 Å². The van der Waals surface area contributed by atoms with Crippen LogP contribution < -0.4 is 0 Å². The van der Waals surface area contributed by atoms with Crippen molar-refractivity contribution < 1.29 is 28.6 Å². The quantitative estimate of drug-likeness (QED) is 0.0341. The number of piperazine rings is 1. The zero-order chi connectivity index (χ0) is 43.7. The third-order valence-corrected chi connectivity index (χ3v) is 13.0. The molecule has 1 aliphatic rings. The molecule has 8 heteroatoms. The van der Waals surface area contributed by atoms with Crippen molar-refractivity contribution in [1.29, 1.82) is 0 Å². The van der Waals surface area contributed by atoms with E-state index < -0.39 is 0 Å². The maximum Gasteiger partial charge on any atom is 0.308 e. The van der Waals surface area contributed by atoms with E-state index in [9.17, 15) is 14.4 Å². The van der Waals surface area contributed by atoms with Crippen LogP contribution in [0.3, 0.4) is 0 Å². The van der Waals surface area contributed by atoms with Crippen LogP contribution in [-0.2, 0) is 28.6 Å². The average molecular weight is 849 g/mol. The van der Waals surface area contributed by atoms with Crippen molar-refractivity contribution in [3.63, 3.8) is 0 Å². The summed E-state index contributed by atoms with van der Waals surface area (Å²) in [7, 11) is 2.18. The van der Waals surface area contributed by atoms with Crippen molar-refractivity contribution in [1.82, 2.24) is 9.80 Å². The lowest BCUT2D eigenvalue weighted by atomic mass is 9.92. The van der Waals surface area contributed by atoms with Gasteiger partial charge in [0.2, 0.25) is 0 Å². The first-order chi connectivity index (χ1) is 29.3. The van der Waals surface area contributed by atoms with Crippen molar-refractivity contribution in [2.24, 2.45) is 17.8 Å². The van der Waals surface area contributed by atoms with Gasteiger partial charge in [-0.15, -0.1) is 0 Å². The summed E-state index contributed by atoms with van der Waals surface area (Å²) in [4.78, 5) is 43.3. The Kier molecular flexibility index (Phi) is 38.8. The number of ether oxygens (including phenoxy) is 3. The summed E-state index contributed by atoms with van der Waals surface area (Å²) in [6, 6.07) is 0. The molecule has 0 spiro atoms. The highest BCUT2D eigenvalue weighted by atomic mass is 16.5. The Morgan fingerprint density at radius 3 is 1.17 bits per heavy atom. The van der Waals surface area contributed by atoms with Crippen LogP contribution in [0.4, 0.5) is 0 Å². The van der Waals surface area contributed by atoms with Crippen molar-refractivity contribution in [3.8, 4) is 0 Å². The first-order valence-electron chi connectivity index (χ1n) is 26.2. The second kappa shape index (κ2) is 41.3. The summed E-state index contributed by atoms with van der Waals surface area (Å²) in [5.41, 5.74) is 0. The summed E-state index contributed by atoms with van der Waals surface area (Å²) in [5.74, 6) is 0.961. The average Bonchev–Trinajstić information content (AvgIpc) is 3.23. The van der Waals surface area contributed by atoms with E-state index in [1.165, 1.54) is 77.0 Å². The zero-order valence-corrected chi connectivity index (χ0v) is 40.6. The van der Waals surface area contributed by atoms with Gasteiger partial charge < -0.3 is 24.0 Å². The summed E-state index contributed by atoms with van der Waals surface area (Å²) in [6.45, 7) is 16.0. The van der Waals surface area contributed by atoms with E-state index in [-0.39, 0.29) is 23.8 Å². The molecule has 60 heavy (non-hydrogen) atoms. The van der Waals surface area contributed by atoms with Gasteiger partial charge in [0, 0.05) is 45.6 Å². The monoisotopic (exact) mass is 849 g/mol. The number of hydrogen-bond acceptors (Lipinski definition) is 8. The van der Waals surface area contributed by atoms with Crippen molar-refractivity contribution in [3.05, 3.63) is 0 Å². The molecule has 0 radical (unpaired) electrons. The van der Waals surface area contributed by atoms with Crippen LogP contribution in [0.2, 0.25) is 0 Å². The zero-order valence-electron chi connectivity index (χ0n) is 40.6. The minimum atomic E-state index is -0.00648. The molecule has 0 aromatic carbocycles. The fraction of sp³-hybridized carbons (Fsp3) is 0.942. The van der Waals surface area contributed by atoms with Gasteiger partial charge in [0.25, 0.3) is 0 Å². The molecule has 0 atom stereocenters. The Balaban J connectivity index is 2.34. The topological polar surface area (TPSA) is 85.4 Å². The lowest BCUT2D eigenvalue weighted by Crippen LogP contribution is -2.44. The molecule has 1 heterocycles. The molecule has 0 aromatic rings. The van der Waals surface area contributed by atoms with Gasteiger partial charge in [0.15, 0.2) is 0 Å². The van der Waals surface area contributed by atoms with E-state index in [2.05, 4.69) is 44.5 Å². The van der Waals surface area contributed by atoms with Crippen LogP contribution in [0.1, 0.15) is 240 Å². The first kappa shape index (κ1) is 56.3. The highest BCUT2D eigenvalue weighted by molar-refractivity contribution is 5.72. The van der Waals surface area contributed by atoms with Crippen LogP contribution in [0.5, 0.6) is 0 Å². The molecule has 354 valence electrons. The molecule has 0 amide bonds. The van der Waals surface area contributed by atoms with Crippen LogP contribution in [0, 0.1) is 17.8 Å². The molecule has 1 rings (SSSR count). The molecule has 0 aromatic heterocycles. The SMILES string of the molecule is CCCCCC(CCCCC)CC(=O)OCCCCCCCCC(CCCCCCCCOC(=O)CC(CCCCC)CCCCC)C(=O)OCCCN1CCN(C)CC1. The summed E-state index contributed by atoms with van der Waals surface area (Å²) in [5, 5.41) is 0. The molecule has 1 aliphatic heterocycles. The number of carbonyl (C=O) groups is 3. The molecule has 0 saturated carbocycles. The molecule has 1 saturated heterocycles. The second-order valence-electron chi connectivity index (χ2n) is 18.7. The van der Waals surface area contributed by atoms with Gasteiger partial charge in [0.1, 0.15) is 0 Å². The molecule has 0 N–H and O–H groups in total. The maximum atomic E-state index is 13.3. The lowest BCUT2D eigenvalue weighted by Gasteiger charge is -2.32. The Morgan fingerprint density at radius 1 is 0.417 bits per heavy atom. The van der Waals surface area contributed by atoms with Gasteiger partial charge in [-0.05, 0) is 76.7 Å². The van der Waals surface area contributed by atoms with E-state index in [1.807, 2.05) is 0 Å². The number of nitrogens with zero attached hydrogens (tertiary/aromatic N) is 2. The molecular weight excluding hydrogens is 749 g/mol. The predicted molar refractivity (Wildman–Crippen MR) is 252 cm³/mol. The van der Waals surface area contributed by atoms with Gasteiger partial charge in [-0.25, -0.2) is 0 Å².